The summed E-state index contributed by atoms with van der Waals surface area (Å²) >= 11 is 0. The molecular weight excluding hydrogens is 338 g/mol. The van der Waals surface area contributed by atoms with Gasteiger partial charge in [0.25, 0.3) is 0 Å². The van der Waals surface area contributed by atoms with E-state index in [4.69, 9.17) is 4.74 Å². The van der Waals surface area contributed by atoms with Gasteiger partial charge in [0, 0.05) is 25.8 Å². The molecule has 1 aromatic carbocycles. The van der Waals surface area contributed by atoms with Crippen molar-refractivity contribution in [3.05, 3.63) is 47.2 Å². The Morgan fingerprint density at radius 1 is 1.20 bits per heavy atom. The molecule has 2 rings (SSSR count). The molecule has 0 unspecified atom stereocenters. The van der Waals surface area contributed by atoms with Crippen LogP contribution in [0.15, 0.2) is 35.2 Å². The highest BCUT2D eigenvalue weighted by Crippen LogP contribution is 2.26. The van der Waals surface area contributed by atoms with Gasteiger partial charge in [0.1, 0.15) is 0 Å². The van der Waals surface area contributed by atoms with E-state index in [1.807, 2.05) is 39.0 Å². The second kappa shape index (κ2) is 7.84. The van der Waals surface area contributed by atoms with Gasteiger partial charge in [-0.3, -0.25) is 0 Å². The third-order valence-electron chi connectivity index (χ3n) is 3.95. The smallest absolute Gasteiger partial charge is 0.242 e. The third-order valence-corrected chi connectivity index (χ3v) is 5.75. The zero-order valence-electron chi connectivity index (χ0n) is 15.3. The average molecular weight is 363 g/mol. The van der Waals surface area contributed by atoms with Gasteiger partial charge in [0.05, 0.1) is 23.7 Å². The summed E-state index contributed by atoms with van der Waals surface area (Å²) in [5.74, 6) is 0.582. The molecular formula is C18H25N3O3S. The molecule has 136 valence electrons. The van der Waals surface area contributed by atoms with Gasteiger partial charge >= 0.3 is 0 Å². The highest BCUT2D eigenvalue weighted by atomic mass is 32.2. The summed E-state index contributed by atoms with van der Waals surface area (Å²) in [6, 6.07) is 8.97. The fourth-order valence-corrected chi connectivity index (χ4v) is 3.35. The van der Waals surface area contributed by atoms with Crippen LogP contribution in [0.5, 0.6) is 5.88 Å². The fraction of sp³-hybridized carbons (Fsp3) is 0.389. The van der Waals surface area contributed by atoms with Crippen LogP contribution in [0.3, 0.4) is 0 Å². The molecule has 0 bridgehead atoms. The summed E-state index contributed by atoms with van der Waals surface area (Å²) in [6.45, 7) is 6.83. The molecule has 25 heavy (non-hydrogen) atoms. The van der Waals surface area contributed by atoms with E-state index >= 15 is 0 Å². The highest BCUT2D eigenvalue weighted by Gasteiger charge is 2.19. The predicted octanol–water partition coefficient (Wildman–Crippen LogP) is 2.96. The van der Waals surface area contributed by atoms with Crippen LogP contribution in [-0.2, 0) is 16.6 Å². The number of nitrogens with one attached hydrogen (secondary N) is 1. The molecule has 0 atom stereocenters. The molecule has 2 aromatic rings. The maximum Gasteiger partial charge on any atom is 0.242 e. The molecule has 0 aliphatic rings. The SMILES string of the molecule is CCOc1cccc(CNc2cc(S(=O)(=O)N(C)C)cc(C)c2C)n1. The highest BCUT2D eigenvalue weighted by molar-refractivity contribution is 7.89. The van der Waals surface area contributed by atoms with Crippen LogP contribution in [0.4, 0.5) is 5.69 Å². The molecule has 0 fully saturated rings. The van der Waals surface area contributed by atoms with E-state index in [0.29, 0.717) is 19.0 Å². The van der Waals surface area contributed by atoms with E-state index in [9.17, 15) is 8.42 Å². The van der Waals surface area contributed by atoms with Crippen molar-refractivity contribution in [2.24, 2.45) is 0 Å². The van der Waals surface area contributed by atoms with Crippen molar-refractivity contribution in [3.8, 4) is 5.88 Å². The lowest BCUT2D eigenvalue weighted by Gasteiger charge is -2.17. The molecule has 7 heteroatoms. The molecule has 0 aliphatic carbocycles. The average Bonchev–Trinajstić information content (AvgIpc) is 2.56. The number of pyridine rings is 1. The van der Waals surface area contributed by atoms with E-state index < -0.39 is 10.0 Å². The molecule has 0 saturated carbocycles. The number of hydrogen-bond acceptors (Lipinski definition) is 5. The van der Waals surface area contributed by atoms with Crippen LogP contribution in [0.1, 0.15) is 23.7 Å². The molecule has 6 nitrogen and oxygen atoms in total. The van der Waals surface area contributed by atoms with Crippen molar-refractivity contribution in [1.82, 2.24) is 9.29 Å². The first-order valence-electron chi connectivity index (χ1n) is 8.12. The van der Waals surface area contributed by atoms with Gasteiger partial charge in [-0.2, -0.15) is 0 Å². The van der Waals surface area contributed by atoms with Crippen LogP contribution in [0.2, 0.25) is 0 Å². The first kappa shape index (κ1) is 19.2. The Hall–Kier alpha value is -2.12. The van der Waals surface area contributed by atoms with Crippen molar-refractivity contribution < 1.29 is 13.2 Å². The van der Waals surface area contributed by atoms with Gasteiger partial charge in [-0.1, -0.05) is 6.07 Å². The van der Waals surface area contributed by atoms with Crippen molar-refractivity contribution in [2.75, 3.05) is 26.0 Å². The minimum Gasteiger partial charge on any atom is -0.478 e. The molecule has 0 saturated heterocycles. The van der Waals surface area contributed by atoms with Gasteiger partial charge < -0.3 is 10.1 Å². The Morgan fingerprint density at radius 2 is 1.92 bits per heavy atom. The Morgan fingerprint density at radius 3 is 2.56 bits per heavy atom. The molecule has 1 aromatic heterocycles. The van der Waals surface area contributed by atoms with Crippen molar-refractivity contribution in [3.63, 3.8) is 0 Å². The van der Waals surface area contributed by atoms with Gasteiger partial charge in [0.2, 0.25) is 15.9 Å². The monoisotopic (exact) mass is 363 g/mol. The van der Waals surface area contributed by atoms with Gasteiger partial charge in [0.15, 0.2) is 0 Å². The number of aromatic nitrogens is 1. The third kappa shape index (κ3) is 4.49. The largest absolute Gasteiger partial charge is 0.478 e. The van der Waals surface area contributed by atoms with Gasteiger partial charge in [-0.05, 0) is 50.1 Å². The van der Waals surface area contributed by atoms with Crippen LogP contribution < -0.4 is 10.1 Å². The molecule has 0 spiro atoms. The van der Waals surface area contributed by atoms with Crippen molar-refractivity contribution in [1.29, 1.82) is 0 Å². The Balaban J connectivity index is 2.28. The summed E-state index contributed by atoms with van der Waals surface area (Å²) in [4.78, 5) is 4.69. The molecule has 1 heterocycles. The summed E-state index contributed by atoms with van der Waals surface area (Å²) in [6.07, 6.45) is 0. The zero-order valence-corrected chi connectivity index (χ0v) is 16.1. The summed E-state index contributed by atoms with van der Waals surface area (Å²) in [7, 11) is -0.421. The topological polar surface area (TPSA) is 71.5 Å². The Bertz CT molecular complexity index is 849. The van der Waals surface area contributed by atoms with Crippen molar-refractivity contribution >= 4 is 15.7 Å². The normalized spacial score (nSPS) is 11.6. The molecule has 0 amide bonds. The van der Waals surface area contributed by atoms with E-state index in [1.165, 1.54) is 18.4 Å². The van der Waals surface area contributed by atoms with Crippen LogP contribution in [0.25, 0.3) is 0 Å². The molecule has 0 aliphatic heterocycles. The number of anilines is 1. The second-order valence-electron chi connectivity index (χ2n) is 5.95. The standard InChI is InChI=1S/C18H25N3O3S/c1-6-24-18-9-7-8-15(20-18)12-19-17-11-16(10-13(2)14(17)3)25(22,23)21(4)5/h7-11,19H,6,12H2,1-5H3. The Labute approximate surface area is 149 Å². The number of hydrogen-bond donors (Lipinski definition) is 1. The van der Waals surface area contributed by atoms with Gasteiger partial charge in [-0.15, -0.1) is 0 Å². The predicted molar refractivity (Wildman–Crippen MR) is 99.5 cm³/mol. The summed E-state index contributed by atoms with van der Waals surface area (Å²) < 4.78 is 31.4. The van der Waals surface area contributed by atoms with E-state index in [0.717, 1.165) is 22.5 Å². The number of rotatable bonds is 7. The lowest BCUT2D eigenvalue weighted by Crippen LogP contribution is -2.22. The number of benzene rings is 1. The number of aryl methyl sites for hydroxylation is 1. The first-order valence-corrected chi connectivity index (χ1v) is 9.56. The van der Waals surface area contributed by atoms with Crippen LogP contribution >= 0.6 is 0 Å². The van der Waals surface area contributed by atoms with Crippen LogP contribution in [0, 0.1) is 13.8 Å². The quantitative estimate of drug-likeness (QED) is 0.819. The lowest BCUT2D eigenvalue weighted by molar-refractivity contribution is 0.326. The zero-order chi connectivity index (χ0) is 18.6. The van der Waals surface area contributed by atoms with E-state index in [1.54, 1.807) is 12.1 Å². The number of sulfonamides is 1. The second-order valence-corrected chi connectivity index (χ2v) is 8.11. The molecule has 1 N–H and O–H groups in total. The molecule has 0 radical (unpaired) electrons. The van der Waals surface area contributed by atoms with E-state index in [-0.39, 0.29) is 4.90 Å². The van der Waals surface area contributed by atoms with Crippen LogP contribution in [-0.4, -0.2) is 38.4 Å². The number of ether oxygens (including phenoxy) is 1. The fourth-order valence-electron chi connectivity index (χ4n) is 2.34. The maximum absolute atomic E-state index is 12.4. The number of nitrogens with zero attached hydrogens (tertiary/aromatic N) is 2. The van der Waals surface area contributed by atoms with Crippen molar-refractivity contribution in [2.45, 2.75) is 32.2 Å². The van der Waals surface area contributed by atoms with E-state index in [2.05, 4.69) is 10.3 Å². The lowest BCUT2D eigenvalue weighted by atomic mass is 10.1. The first-order chi connectivity index (χ1) is 11.8. The summed E-state index contributed by atoms with van der Waals surface area (Å²) in [5.41, 5.74) is 3.54. The van der Waals surface area contributed by atoms with Gasteiger partial charge in [-0.25, -0.2) is 17.7 Å². The summed E-state index contributed by atoms with van der Waals surface area (Å²) in [5, 5.41) is 3.29. The minimum atomic E-state index is -3.48. The minimum absolute atomic E-state index is 0.277. The Kier molecular flexibility index (Phi) is 6.02. The maximum atomic E-state index is 12.4.